The number of carbonyl (C=O) groups excluding carboxylic acids is 2. The molecule has 0 aliphatic carbocycles. The van der Waals surface area contributed by atoms with Crippen molar-refractivity contribution in [1.29, 1.82) is 0 Å². The molecule has 0 fully saturated rings. The number of likely N-dealkylation sites (N-methyl/N-ethyl adjacent to an activating group) is 1. The summed E-state index contributed by atoms with van der Waals surface area (Å²) in [6.45, 7) is 9.19. The minimum Gasteiger partial charge on any atom is -0.487 e. The SMILES string of the molecule is CN1C(=O)[C@@H](OC(=O)NC(C)(C)C)COc2ccc(OCc3cn(CC(C)(C)O)nn3)cc21. The summed E-state index contributed by atoms with van der Waals surface area (Å²) in [6.07, 6.45) is -0.0736. The molecule has 1 aliphatic rings. The number of ether oxygens (including phenoxy) is 3. The van der Waals surface area contributed by atoms with Crippen molar-refractivity contribution in [3.63, 3.8) is 0 Å². The number of alkyl carbamates (subject to hydrolysis) is 1. The molecule has 2 heterocycles. The number of anilines is 1. The van der Waals surface area contributed by atoms with E-state index in [1.807, 2.05) is 20.8 Å². The van der Waals surface area contributed by atoms with Crippen molar-refractivity contribution in [2.45, 2.75) is 65.0 Å². The van der Waals surface area contributed by atoms with Crippen LogP contribution in [0.1, 0.15) is 40.3 Å². The molecule has 2 amide bonds. The van der Waals surface area contributed by atoms with Gasteiger partial charge in [0.2, 0.25) is 6.10 Å². The van der Waals surface area contributed by atoms with Crippen LogP contribution in [0, 0.1) is 0 Å². The van der Waals surface area contributed by atoms with Gasteiger partial charge in [0.05, 0.1) is 24.0 Å². The van der Waals surface area contributed by atoms with Crippen molar-refractivity contribution in [3.05, 3.63) is 30.1 Å². The Hall–Kier alpha value is -3.34. The highest BCUT2D eigenvalue weighted by Crippen LogP contribution is 2.34. The van der Waals surface area contributed by atoms with Gasteiger partial charge in [-0.2, -0.15) is 0 Å². The van der Waals surface area contributed by atoms with E-state index >= 15 is 0 Å². The van der Waals surface area contributed by atoms with Crippen LogP contribution in [0.15, 0.2) is 24.4 Å². The second kappa shape index (κ2) is 9.26. The monoisotopic (exact) mass is 461 g/mol. The summed E-state index contributed by atoms with van der Waals surface area (Å²) in [6, 6.07) is 5.08. The second-order valence-electron chi connectivity index (χ2n) is 9.62. The van der Waals surface area contributed by atoms with E-state index in [9.17, 15) is 14.7 Å². The van der Waals surface area contributed by atoms with Gasteiger partial charge in [0.15, 0.2) is 0 Å². The number of hydrogen-bond donors (Lipinski definition) is 2. The predicted molar refractivity (Wildman–Crippen MR) is 119 cm³/mol. The van der Waals surface area contributed by atoms with Crippen LogP contribution in [0.5, 0.6) is 11.5 Å². The summed E-state index contributed by atoms with van der Waals surface area (Å²) in [7, 11) is 1.58. The molecule has 0 unspecified atom stereocenters. The van der Waals surface area contributed by atoms with Gasteiger partial charge in [0, 0.05) is 18.7 Å². The van der Waals surface area contributed by atoms with Gasteiger partial charge in [-0.1, -0.05) is 5.21 Å². The molecule has 0 saturated carbocycles. The summed E-state index contributed by atoms with van der Waals surface area (Å²) in [4.78, 5) is 26.4. The summed E-state index contributed by atoms with van der Waals surface area (Å²) in [5.41, 5.74) is -0.319. The first-order valence-electron chi connectivity index (χ1n) is 10.6. The van der Waals surface area contributed by atoms with E-state index < -0.39 is 29.2 Å². The maximum absolute atomic E-state index is 12.9. The van der Waals surface area contributed by atoms with Gasteiger partial charge < -0.3 is 29.5 Å². The van der Waals surface area contributed by atoms with Crippen LogP contribution in [0.3, 0.4) is 0 Å². The molecule has 0 bridgehead atoms. The Morgan fingerprint density at radius 3 is 2.70 bits per heavy atom. The van der Waals surface area contributed by atoms with Gasteiger partial charge >= 0.3 is 6.09 Å². The van der Waals surface area contributed by atoms with Crippen molar-refractivity contribution in [1.82, 2.24) is 20.3 Å². The first-order chi connectivity index (χ1) is 15.3. The molecule has 180 valence electrons. The van der Waals surface area contributed by atoms with Crippen LogP contribution >= 0.6 is 0 Å². The summed E-state index contributed by atoms with van der Waals surface area (Å²) in [5.74, 6) is 0.556. The Bertz CT molecular complexity index is 1010. The van der Waals surface area contributed by atoms with Crippen LogP contribution in [0.25, 0.3) is 0 Å². The number of benzene rings is 1. The van der Waals surface area contributed by atoms with Crippen molar-refractivity contribution >= 4 is 17.7 Å². The van der Waals surface area contributed by atoms with Gasteiger partial charge in [-0.25, -0.2) is 9.48 Å². The molecule has 2 N–H and O–H groups in total. The van der Waals surface area contributed by atoms with Crippen LogP contribution in [0.4, 0.5) is 10.5 Å². The molecule has 33 heavy (non-hydrogen) atoms. The third-order valence-corrected chi connectivity index (χ3v) is 4.54. The van der Waals surface area contributed by atoms with Crippen molar-refractivity contribution in [2.75, 3.05) is 18.6 Å². The number of fused-ring (bicyclic) bond motifs is 1. The van der Waals surface area contributed by atoms with E-state index in [0.29, 0.717) is 29.4 Å². The Balaban J connectivity index is 1.65. The Labute approximate surface area is 192 Å². The number of aliphatic hydroxyl groups is 1. The van der Waals surface area contributed by atoms with E-state index in [-0.39, 0.29) is 13.2 Å². The molecule has 1 atom stereocenters. The largest absolute Gasteiger partial charge is 0.487 e. The predicted octanol–water partition coefficient (Wildman–Crippen LogP) is 1.88. The lowest BCUT2D eigenvalue weighted by Crippen LogP contribution is -2.46. The van der Waals surface area contributed by atoms with Crippen LogP contribution < -0.4 is 19.7 Å². The Kier molecular flexibility index (Phi) is 6.82. The molecular weight excluding hydrogens is 430 g/mol. The van der Waals surface area contributed by atoms with E-state index in [0.717, 1.165) is 0 Å². The fraction of sp³-hybridized carbons (Fsp3) is 0.545. The molecular formula is C22H31N5O6. The summed E-state index contributed by atoms with van der Waals surface area (Å²) in [5, 5.41) is 20.6. The quantitative estimate of drug-likeness (QED) is 0.667. The number of nitrogens with zero attached hydrogens (tertiary/aromatic N) is 4. The third-order valence-electron chi connectivity index (χ3n) is 4.54. The van der Waals surface area contributed by atoms with Crippen LogP contribution in [-0.4, -0.2) is 63.0 Å². The van der Waals surface area contributed by atoms with Gasteiger partial charge in [0.25, 0.3) is 5.91 Å². The van der Waals surface area contributed by atoms with Gasteiger partial charge in [-0.3, -0.25) is 4.79 Å². The number of nitrogens with one attached hydrogen (secondary N) is 1. The zero-order valence-corrected chi connectivity index (χ0v) is 19.8. The lowest BCUT2D eigenvalue weighted by atomic mass is 10.1. The average Bonchev–Trinajstić information content (AvgIpc) is 3.08. The molecule has 1 aliphatic heterocycles. The Morgan fingerprint density at radius 2 is 2.03 bits per heavy atom. The average molecular weight is 462 g/mol. The molecule has 1 aromatic heterocycles. The number of carbonyl (C=O) groups is 2. The van der Waals surface area contributed by atoms with Gasteiger partial charge in [0.1, 0.15) is 30.4 Å². The van der Waals surface area contributed by atoms with Gasteiger partial charge in [-0.05, 0) is 46.8 Å². The highest BCUT2D eigenvalue weighted by Gasteiger charge is 2.33. The van der Waals surface area contributed by atoms with E-state index in [2.05, 4.69) is 15.6 Å². The third kappa shape index (κ3) is 6.82. The molecule has 3 rings (SSSR count). The highest BCUT2D eigenvalue weighted by atomic mass is 16.6. The molecule has 2 aromatic rings. The molecule has 0 spiro atoms. The number of amides is 2. The van der Waals surface area contributed by atoms with E-state index in [1.54, 1.807) is 50.0 Å². The van der Waals surface area contributed by atoms with Crippen LogP contribution in [0.2, 0.25) is 0 Å². The van der Waals surface area contributed by atoms with Crippen molar-refractivity contribution < 1.29 is 28.9 Å². The number of hydrogen-bond acceptors (Lipinski definition) is 8. The summed E-state index contributed by atoms with van der Waals surface area (Å²) >= 11 is 0. The van der Waals surface area contributed by atoms with E-state index in [1.165, 1.54) is 4.90 Å². The molecule has 0 radical (unpaired) electrons. The minimum atomic E-state index is -1.08. The molecule has 1 aromatic carbocycles. The number of rotatable bonds is 6. The van der Waals surface area contributed by atoms with E-state index in [4.69, 9.17) is 14.2 Å². The fourth-order valence-corrected chi connectivity index (χ4v) is 3.13. The molecule has 0 saturated heterocycles. The standard InChI is InChI=1S/C22H31N5O6/c1-21(2,3)23-20(29)33-18-12-32-17-8-7-15(9-16(17)26(6)19(18)28)31-11-14-10-27(25-24-14)13-22(4,5)30/h7-10,18,30H,11-13H2,1-6H3,(H,23,29)/t18-/m0/s1. The van der Waals surface area contributed by atoms with Gasteiger partial charge in [-0.15, -0.1) is 5.10 Å². The normalized spacial score (nSPS) is 16.5. The zero-order chi connectivity index (χ0) is 24.4. The lowest BCUT2D eigenvalue weighted by molar-refractivity contribution is -0.127. The summed E-state index contributed by atoms with van der Waals surface area (Å²) < 4.78 is 18.4. The first kappa shape index (κ1) is 24.3. The fourth-order valence-electron chi connectivity index (χ4n) is 3.13. The topological polar surface area (TPSA) is 128 Å². The molecule has 11 heteroatoms. The Morgan fingerprint density at radius 1 is 1.30 bits per heavy atom. The maximum atomic E-state index is 12.9. The minimum absolute atomic E-state index is 0.0990. The second-order valence-corrected chi connectivity index (χ2v) is 9.62. The van der Waals surface area contributed by atoms with Crippen LogP contribution in [-0.2, 0) is 22.7 Å². The smallest absolute Gasteiger partial charge is 0.408 e. The highest BCUT2D eigenvalue weighted by molar-refractivity contribution is 5.99. The lowest BCUT2D eigenvalue weighted by Gasteiger charge is -2.23. The maximum Gasteiger partial charge on any atom is 0.408 e. The van der Waals surface area contributed by atoms with Crippen molar-refractivity contribution in [2.24, 2.45) is 0 Å². The molecule has 11 nitrogen and oxygen atoms in total. The van der Waals surface area contributed by atoms with Crippen molar-refractivity contribution in [3.8, 4) is 11.5 Å². The number of aromatic nitrogens is 3. The zero-order valence-electron chi connectivity index (χ0n) is 19.8. The first-order valence-corrected chi connectivity index (χ1v) is 10.6.